The molecular formula is C15H14BrClFNO2. The maximum absolute atomic E-state index is 13.4. The van der Waals surface area contributed by atoms with Gasteiger partial charge in [0.2, 0.25) is 0 Å². The molecule has 0 saturated carbocycles. The summed E-state index contributed by atoms with van der Waals surface area (Å²) in [5, 5.41) is 13.7. The quantitative estimate of drug-likeness (QED) is 0.802. The van der Waals surface area contributed by atoms with Crippen molar-refractivity contribution in [1.82, 2.24) is 0 Å². The number of hydrogen-bond acceptors (Lipinski definition) is 3. The molecule has 0 radical (unpaired) electrons. The largest absolute Gasteiger partial charge is 0.504 e. The SMILES string of the molecule is COc1cc(Cl)cc(CNc2cc(Br)c(F)cc2C)c1O. The first-order valence-corrected chi connectivity index (χ1v) is 7.34. The van der Waals surface area contributed by atoms with E-state index in [-0.39, 0.29) is 11.6 Å². The summed E-state index contributed by atoms with van der Waals surface area (Å²) in [4.78, 5) is 0. The Hall–Kier alpha value is -1.46. The minimum Gasteiger partial charge on any atom is -0.504 e. The number of ether oxygens (including phenoxy) is 1. The van der Waals surface area contributed by atoms with Crippen LogP contribution in [0.4, 0.5) is 10.1 Å². The summed E-state index contributed by atoms with van der Waals surface area (Å²) in [6.07, 6.45) is 0. The molecule has 112 valence electrons. The van der Waals surface area contributed by atoms with Gasteiger partial charge in [-0.2, -0.15) is 0 Å². The van der Waals surface area contributed by atoms with Crippen molar-refractivity contribution in [3.05, 3.63) is 50.7 Å². The number of nitrogens with one attached hydrogen (secondary N) is 1. The normalized spacial score (nSPS) is 10.5. The third-order valence-electron chi connectivity index (χ3n) is 3.08. The van der Waals surface area contributed by atoms with Crippen molar-refractivity contribution in [3.8, 4) is 11.5 Å². The lowest BCUT2D eigenvalue weighted by Crippen LogP contribution is -2.03. The minimum absolute atomic E-state index is 0.0354. The van der Waals surface area contributed by atoms with E-state index in [9.17, 15) is 9.50 Å². The van der Waals surface area contributed by atoms with Crippen LogP contribution in [-0.4, -0.2) is 12.2 Å². The Balaban J connectivity index is 2.24. The van der Waals surface area contributed by atoms with Crippen molar-refractivity contribution >= 4 is 33.2 Å². The van der Waals surface area contributed by atoms with Crippen LogP contribution in [0.5, 0.6) is 11.5 Å². The molecule has 3 nitrogen and oxygen atoms in total. The molecule has 2 N–H and O–H groups in total. The molecule has 21 heavy (non-hydrogen) atoms. The number of phenols is 1. The summed E-state index contributed by atoms with van der Waals surface area (Å²) in [7, 11) is 1.46. The average molecular weight is 375 g/mol. The lowest BCUT2D eigenvalue weighted by atomic mass is 10.1. The van der Waals surface area contributed by atoms with Crippen LogP contribution in [0.2, 0.25) is 5.02 Å². The van der Waals surface area contributed by atoms with Gasteiger partial charge in [-0.05, 0) is 46.6 Å². The predicted molar refractivity (Wildman–Crippen MR) is 85.8 cm³/mol. The number of phenolic OH excluding ortho intramolecular Hbond substituents is 1. The van der Waals surface area contributed by atoms with Crippen molar-refractivity contribution < 1.29 is 14.2 Å². The third kappa shape index (κ3) is 3.60. The smallest absolute Gasteiger partial charge is 0.162 e. The zero-order chi connectivity index (χ0) is 15.6. The Labute approximate surface area is 135 Å². The number of hydrogen-bond donors (Lipinski definition) is 2. The standard InChI is InChI=1S/C15H14BrClFNO2/c1-8-3-12(18)11(16)6-13(8)19-7-9-4-10(17)5-14(21-2)15(9)20/h3-6,19-20H,7H2,1-2H3. The fraction of sp³-hybridized carbons (Fsp3) is 0.200. The molecule has 0 aromatic heterocycles. The molecule has 2 rings (SSSR count). The van der Waals surface area contributed by atoms with Gasteiger partial charge in [-0.1, -0.05) is 11.6 Å². The second kappa shape index (κ2) is 6.54. The zero-order valence-electron chi connectivity index (χ0n) is 11.5. The average Bonchev–Trinajstić information content (AvgIpc) is 2.44. The number of rotatable bonds is 4. The Morgan fingerprint density at radius 2 is 2.05 bits per heavy atom. The van der Waals surface area contributed by atoms with Crippen molar-refractivity contribution in [3.63, 3.8) is 0 Å². The Kier molecular flexibility index (Phi) is 4.96. The van der Waals surface area contributed by atoms with E-state index in [1.54, 1.807) is 25.1 Å². The molecule has 0 aliphatic heterocycles. The predicted octanol–water partition coefficient (Wildman–Crippen LogP) is 4.88. The molecule has 0 saturated heterocycles. The van der Waals surface area contributed by atoms with E-state index in [0.29, 0.717) is 27.4 Å². The third-order valence-corrected chi connectivity index (χ3v) is 3.90. The fourth-order valence-electron chi connectivity index (χ4n) is 1.95. The van der Waals surface area contributed by atoms with E-state index >= 15 is 0 Å². The second-order valence-corrected chi connectivity index (χ2v) is 5.84. The molecule has 0 spiro atoms. The van der Waals surface area contributed by atoms with E-state index in [0.717, 1.165) is 11.3 Å². The van der Waals surface area contributed by atoms with Gasteiger partial charge in [-0.15, -0.1) is 0 Å². The van der Waals surface area contributed by atoms with E-state index < -0.39 is 0 Å². The number of benzene rings is 2. The zero-order valence-corrected chi connectivity index (χ0v) is 13.8. The Bertz CT molecular complexity index is 679. The molecule has 2 aromatic rings. The molecule has 0 amide bonds. The first-order valence-electron chi connectivity index (χ1n) is 6.17. The summed E-state index contributed by atoms with van der Waals surface area (Å²) in [6.45, 7) is 2.14. The van der Waals surface area contributed by atoms with Crippen LogP contribution < -0.4 is 10.1 Å². The lowest BCUT2D eigenvalue weighted by Gasteiger charge is -2.13. The molecule has 0 atom stereocenters. The summed E-state index contributed by atoms with van der Waals surface area (Å²) in [5.41, 5.74) is 2.13. The van der Waals surface area contributed by atoms with Crippen molar-refractivity contribution in [2.45, 2.75) is 13.5 Å². The molecule has 0 aliphatic rings. The van der Waals surface area contributed by atoms with Gasteiger partial charge in [0.1, 0.15) is 5.82 Å². The fourth-order valence-corrected chi connectivity index (χ4v) is 2.52. The monoisotopic (exact) mass is 373 g/mol. The van der Waals surface area contributed by atoms with Crippen LogP contribution in [-0.2, 0) is 6.54 Å². The highest BCUT2D eigenvalue weighted by Crippen LogP contribution is 2.34. The van der Waals surface area contributed by atoms with E-state index in [1.807, 2.05) is 0 Å². The summed E-state index contributed by atoms with van der Waals surface area (Å²) < 4.78 is 18.8. The van der Waals surface area contributed by atoms with Crippen LogP contribution in [0.1, 0.15) is 11.1 Å². The molecule has 0 aliphatic carbocycles. The molecule has 0 bridgehead atoms. The highest BCUT2D eigenvalue weighted by Gasteiger charge is 2.11. The number of aromatic hydroxyl groups is 1. The van der Waals surface area contributed by atoms with Gasteiger partial charge in [-0.3, -0.25) is 0 Å². The maximum Gasteiger partial charge on any atom is 0.162 e. The molecule has 0 heterocycles. The molecule has 6 heteroatoms. The van der Waals surface area contributed by atoms with Gasteiger partial charge in [0.25, 0.3) is 0 Å². The Morgan fingerprint density at radius 3 is 2.71 bits per heavy atom. The Morgan fingerprint density at radius 1 is 1.33 bits per heavy atom. The van der Waals surface area contributed by atoms with Gasteiger partial charge >= 0.3 is 0 Å². The summed E-state index contributed by atoms with van der Waals surface area (Å²) in [6, 6.07) is 6.29. The van der Waals surface area contributed by atoms with Gasteiger partial charge in [0, 0.05) is 28.9 Å². The van der Waals surface area contributed by atoms with Gasteiger partial charge in [0.15, 0.2) is 11.5 Å². The number of aryl methyl sites for hydroxylation is 1. The lowest BCUT2D eigenvalue weighted by molar-refractivity contribution is 0.371. The number of anilines is 1. The summed E-state index contributed by atoms with van der Waals surface area (Å²) in [5.74, 6) is 0.0369. The molecule has 0 unspecified atom stereocenters. The number of halogens is 3. The topological polar surface area (TPSA) is 41.5 Å². The van der Waals surface area contributed by atoms with Crippen molar-refractivity contribution in [1.29, 1.82) is 0 Å². The summed E-state index contributed by atoms with van der Waals surface area (Å²) >= 11 is 9.13. The van der Waals surface area contributed by atoms with Gasteiger partial charge in [0.05, 0.1) is 11.6 Å². The van der Waals surface area contributed by atoms with Crippen LogP contribution in [0.15, 0.2) is 28.7 Å². The van der Waals surface area contributed by atoms with Crippen LogP contribution >= 0.6 is 27.5 Å². The highest BCUT2D eigenvalue weighted by atomic mass is 79.9. The van der Waals surface area contributed by atoms with Gasteiger partial charge < -0.3 is 15.2 Å². The van der Waals surface area contributed by atoms with E-state index in [4.69, 9.17) is 16.3 Å². The first-order chi connectivity index (χ1) is 9.92. The van der Waals surface area contributed by atoms with Gasteiger partial charge in [-0.25, -0.2) is 4.39 Å². The van der Waals surface area contributed by atoms with Crippen molar-refractivity contribution in [2.75, 3.05) is 12.4 Å². The van der Waals surface area contributed by atoms with E-state index in [2.05, 4.69) is 21.2 Å². The second-order valence-electron chi connectivity index (χ2n) is 4.55. The molecular weight excluding hydrogens is 361 g/mol. The highest BCUT2D eigenvalue weighted by molar-refractivity contribution is 9.10. The van der Waals surface area contributed by atoms with Crippen LogP contribution in [0, 0.1) is 12.7 Å². The minimum atomic E-state index is -0.315. The van der Waals surface area contributed by atoms with Crippen LogP contribution in [0.25, 0.3) is 0 Å². The molecule has 2 aromatic carbocycles. The first kappa shape index (κ1) is 15.9. The van der Waals surface area contributed by atoms with Crippen LogP contribution in [0.3, 0.4) is 0 Å². The maximum atomic E-state index is 13.4. The number of methoxy groups -OCH3 is 1. The molecule has 0 fully saturated rings. The van der Waals surface area contributed by atoms with Crippen molar-refractivity contribution in [2.24, 2.45) is 0 Å². The van der Waals surface area contributed by atoms with E-state index in [1.165, 1.54) is 13.2 Å².